The second-order valence-corrected chi connectivity index (χ2v) is 5.40. The maximum absolute atomic E-state index is 12.4. The molecule has 0 radical (unpaired) electrons. The van der Waals surface area contributed by atoms with Gasteiger partial charge in [-0.05, 0) is 12.3 Å². The summed E-state index contributed by atoms with van der Waals surface area (Å²) in [6.45, 7) is 5.50. The van der Waals surface area contributed by atoms with Crippen molar-refractivity contribution < 1.29 is 24.2 Å². The average Bonchev–Trinajstić information content (AvgIpc) is 2.84. The van der Waals surface area contributed by atoms with Gasteiger partial charge in [0.2, 0.25) is 5.91 Å². The molecule has 0 aliphatic carbocycles. The number of nitrogens with zero attached hydrogens (tertiary/aromatic N) is 1. The molecule has 0 aromatic rings. The summed E-state index contributed by atoms with van der Waals surface area (Å²) < 4.78 is 10.3. The van der Waals surface area contributed by atoms with Crippen LogP contribution in [0.15, 0.2) is 0 Å². The first-order valence-corrected chi connectivity index (χ1v) is 7.10. The summed E-state index contributed by atoms with van der Waals surface area (Å²) in [5, 5.41) is 9.21. The van der Waals surface area contributed by atoms with Gasteiger partial charge in [-0.25, -0.2) is 0 Å². The first kappa shape index (κ1) is 16.9. The first-order valence-electron chi connectivity index (χ1n) is 7.10. The molecular weight excluding hydrogens is 262 g/mol. The van der Waals surface area contributed by atoms with Gasteiger partial charge in [0.1, 0.15) is 5.92 Å². The van der Waals surface area contributed by atoms with Gasteiger partial charge >= 0.3 is 5.97 Å². The summed E-state index contributed by atoms with van der Waals surface area (Å²) in [6.07, 6.45) is 1.17. The van der Waals surface area contributed by atoms with Gasteiger partial charge in [-0.1, -0.05) is 13.8 Å². The topological polar surface area (TPSA) is 76.1 Å². The molecule has 0 aromatic heterocycles. The number of carboxylic acid groups (broad SMARTS) is 1. The highest BCUT2D eigenvalue weighted by Gasteiger charge is 2.39. The number of carbonyl (C=O) groups is 2. The van der Waals surface area contributed by atoms with Crippen molar-refractivity contribution in [2.75, 3.05) is 33.5 Å². The molecule has 3 unspecified atom stereocenters. The van der Waals surface area contributed by atoms with E-state index in [1.165, 1.54) is 0 Å². The van der Waals surface area contributed by atoms with E-state index in [9.17, 15) is 14.7 Å². The zero-order valence-electron chi connectivity index (χ0n) is 12.5. The lowest BCUT2D eigenvalue weighted by molar-refractivity contribution is -0.145. The molecule has 0 bridgehead atoms. The van der Waals surface area contributed by atoms with Gasteiger partial charge in [0.05, 0.1) is 19.3 Å². The molecular formula is C14H25NO5. The van der Waals surface area contributed by atoms with E-state index >= 15 is 0 Å². The van der Waals surface area contributed by atoms with E-state index in [1.807, 2.05) is 13.8 Å². The Kier molecular flexibility index (Phi) is 6.95. The SMILES string of the molecule is CCCN(C(=O)CC(C)COC)C1COCC1C(=O)O. The summed E-state index contributed by atoms with van der Waals surface area (Å²) in [6, 6.07) is -0.352. The number of ether oxygens (including phenoxy) is 2. The molecule has 116 valence electrons. The van der Waals surface area contributed by atoms with Crippen LogP contribution in [0.5, 0.6) is 0 Å². The van der Waals surface area contributed by atoms with Crippen LogP contribution in [0.1, 0.15) is 26.7 Å². The Morgan fingerprint density at radius 3 is 2.70 bits per heavy atom. The highest BCUT2D eigenvalue weighted by atomic mass is 16.5. The minimum atomic E-state index is -0.897. The van der Waals surface area contributed by atoms with Crippen LogP contribution < -0.4 is 0 Å². The fourth-order valence-corrected chi connectivity index (χ4v) is 2.56. The van der Waals surface area contributed by atoms with Gasteiger partial charge in [-0.2, -0.15) is 0 Å². The van der Waals surface area contributed by atoms with Crippen LogP contribution in [-0.4, -0.2) is 61.4 Å². The lowest BCUT2D eigenvalue weighted by Crippen LogP contribution is -2.47. The van der Waals surface area contributed by atoms with Crippen molar-refractivity contribution in [1.29, 1.82) is 0 Å². The van der Waals surface area contributed by atoms with Crippen LogP contribution in [0.25, 0.3) is 0 Å². The number of hydrogen-bond donors (Lipinski definition) is 1. The van der Waals surface area contributed by atoms with Gasteiger partial charge in [0.25, 0.3) is 0 Å². The van der Waals surface area contributed by atoms with Crippen molar-refractivity contribution in [2.24, 2.45) is 11.8 Å². The Hall–Kier alpha value is -1.14. The number of carboxylic acids is 1. The normalized spacial score (nSPS) is 23.6. The lowest BCUT2D eigenvalue weighted by Gasteiger charge is -2.31. The van der Waals surface area contributed by atoms with Crippen molar-refractivity contribution in [3.8, 4) is 0 Å². The second kappa shape index (κ2) is 8.21. The van der Waals surface area contributed by atoms with E-state index in [2.05, 4.69) is 0 Å². The maximum atomic E-state index is 12.4. The summed E-state index contributed by atoms with van der Waals surface area (Å²) >= 11 is 0. The highest BCUT2D eigenvalue weighted by Crippen LogP contribution is 2.22. The van der Waals surface area contributed by atoms with Crippen molar-refractivity contribution in [3.05, 3.63) is 0 Å². The largest absolute Gasteiger partial charge is 0.481 e. The van der Waals surface area contributed by atoms with Gasteiger partial charge in [-0.15, -0.1) is 0 Å². The molecule has 1 N–H and O–H groups in total. The van der Waals surface area contributed by atoms with E-state index in [4.69, 9.17) is 9.47 Å². The van der Waals surface area contributed by atoms with E-state index in [0.29, 0.717) is 26.2 Å². The van der Waals surface area contributed by atoms with Crippen LogP contribution in [0.3, 0.4) is 0 Å². The fraction of sp³-hybridized carbons (Fsp3) is 0.857. The zero-order chi connectivity index (χ0) is 15.1. The number of aliphatic carboxylic acids is 1. The quantitative estimate of drug-likeness (QED) is 0.720. The summed E-state index contributed by atoms with van der Waals surface area (Å²) in [5.41, 5.74) is 0. The Labute approximate surface area is 120 Å². The zero-order valence-corrected chi connectivity index (χ0v) is 12.5. The molecule has 20 heavy (non-hydrogen) atoms. The maximum Gasteiger partial charge on any atom is 0.311 e. The Morgan fingerprint density at radius 2 is 2.15 bits per heavy atom. The number of rotatable bonds is 8. The minimum Gasteiger partial charge on any atom is -0.481 e. The van der Waals surface area contributed by atoms with Crippen LogP contribution in [0.2, 0.25) is 0 Å². The Morgan fingerprint density at radius 1 is 1.45 bits per heavy atom. The third-order valence-corrected chi connectivity index (χ3v) is 3.53. The molecule has 1 rings (SSSR count). The molecule has 6 nitrogen and oxygen atoms in total. The Bertz CT molecular complexity index is 334. The third kappa shape index (κ3) is 4.45. The smallest absolute Gasteiger partial charge is 0.311 e. The van der Waals surface area contributed by atoms with Crippen molar-refractivity contribution in [2.45, 2.75) is 32.7 Å². The Balaban J connectivity index is 2.72. The molecule has 0 spiro atoms. The van der Waals surface area contributed by atoms with Gasteiger partial charge in [-0.3, -0.25) is 9.59 Å². The molecule has 3 atom stereocenters. The van der Waals surface area contributed by atoms with Crippen LogP contribution in [-0.2, 0) is 19.1 Å². The van der Waals surface area contributed by atoms with Gasteiger partial charge in [0.15, 0.2) is 0 Å². The van der Waals surface area contributed by atoms with Crippen molar-refractivity contribution in [3.63, 3.8) is 0 Å². The number of hydrogen-bond acceptors (Lipinski definition) is 4. The second-order valence-electron chi connectivity index (χ2n) is 5.40. The third-order valence-electron chi connectivity index (χ3n) is 3.53. The standard InChI is InChI=1S/C14H25NO5/c1-4-5-15(13(16)6-10(2)7-19-3)12-9-20-8-11(12)14(17)18/h10-12H,4-9H2,1-3H3,(H,17,18). The van der Waals surface area contributed by atoms with Crippen molar-refractivity contribution >= 4 is 11.9 Å². The summed E-state index contributed by atoms with van der Waals surface area (Å²) in [5.74, 6) is -1.41. The predicted octanol–water partition coefficient (Wildman–Crippen LogP) is 0.997. The monoisotopic (exact) mass is 287 g/mol. The predicted molar refractivity (Wildman–Crippen MR) is 73.4 cm³/mol. The van der Waals surface area contributed by atoms with E-state index in [1.54, 1.807) is 12.0 Å². The van der Waals surface area contributed by atoms with Gasteiger partial charge < -0.3 is 19.5 Å². The molecule has 1 fully saturated rings. The molecule has 1 amide bonds. The molecule has 1 aliphatic heterocycles. The summed E-state index contributed by atoms with van der Waals surface area (Å²) in [7, 11) is 1.61. The van der Waals surface area contributed by atoms with E-state index < -0.39 is 11.9 Å². The molecule has 0 aromatic carbocycles. The molecule has 1 heterocycles. The molecule has 0 saturated carbocycles. The fourth-order valence-electron chi connectivity index (χ4n) is 2.56. The highest BCUT2D eigenvalue weighted by molar-refractivity contribution is 5.78. The first-order chi connectivity index (χ1) is 9.51. The van der Waals surface area contributed by atoms with E-state index in [0.717, 1.165) is 6.42 Å². The van der Waals surface area contributed by atoms with E-state index in [-0.39, 0.29) is 24.5 Å². The number of methoxy groups -OCH3 is 1. The number of carbonyl (C=O) groups excluding carboxylic acids is 1. The average molecular weight is 287 g/mol. The molecule has 6 heteroatoms. The molecule has 1 aliphatic rings. The van der Waals surface area contributed by atoms with Crippen LogP contribution in [0, 0.1) is 11.8 Å². The summed E-state index contributed by atoms with van der Waals surface area (Å²) in [4.78, 5) is 25.3. The van der Waals surface area contributed by atoms with Crippen molar-refractivity contribution in [1.82, 2.24) is 4.90 Å². The van der Waals surface area contributed by atoms with Crippen LogP contribution in [0.4, 0.5) is 0 Å². The molecule has 1 saturated heterocycles. The van der Waals surface area contributed by atoms with Gasteiger partial charge in [0, 0.05) is 26.7 Å². The number of amides is 1. The minimum absolute atomic E-state index is 0.0156. The van der Waals surface area contributed by atoms with Crippen LogP contribution >= 0.6 is 0 Å². The lowest BCUT2D eigenvalue weighted by atomic mass is 10.00.